The van der Waals surface area contributed by atoms with Crippen LogP contribution in [0.3, 0.4) is 0 Å². The summed E-state index contributed by atoms with van der Waals surface area (Å²) in [5, 5.41) is 10.6. The van der Waals surface area contributed by atoms with E-state index < -0.39 is 0 Å². The van der Waals surface area contributed by atoms with Gasteiger partial charge < -0.3 is 10.0 Å². The number of pyridine rings is 1. The van der Waals surface area contributed by atoms with Crippen molar-refractivity contribution in [2.75, 3.05) is 11.4 Å². The summed E-state index contributed by atoms with van der Waals surface area (Å²) in [4.78, 5) is 7.00. The Morgan fingerprint density at radius 1 is 1.25 bits per heavy atom. The second kappa shape index (κ2) is 5.41. The van der Waals surface area contributed by atoms with Gasteiger partial charge in [-0.05, 0) is 37.8 Å². The smallest absolute Gasteiger partial charge is 0.0854 e. The van der Waals surface area contributed by atoms with Gasteiger partial charge in [-0.25, -0.2) is 0 Å². The van der Waals surface area contributed by atoms with Crippen LogP contribution in [0.25, 0.3) is 10.9 Å². The lowest BCUT2D eigenvalue weighted by atomic mass is 9.94. The molecular weight excluding hydrogens is 248 g/mol. The Balaban J connectivity index is 2.13. The third-order valence-corrected chi connectivity index (χ3v) is 4.34. The molecule has 3 nitrogen and oxygen atoms in total. The van der Waals surface area contributed by atoms with Gasteiger partial charge >= 0.3 is 0 Å². The topological polar surface area (TPSA) is 36.4 Å². The molecule has 1 saturated heterocycles. The number of benzene rings is 1. The molecule has 0 spiro atoms. The lowest BCUT2D eigenvalue weighted by Gasteiger charge is -2.39. The summed E-state index contributed by atoms with van der Waals surface area (Å²) in [6, 6.07) is 10.8. The number of aromatic nitrogens is 1. The summed E-state index contributed by atoms with van der Waals surface area (Å²) < 4.78 is 0. The summed E-state index contributed by atoms with van der Waals surface area (Å²) in [6.45, 7) is 5.69. The molecule has 3 heteroatoms. The highest BCUT2D eigenvalue weighted by Crippen LogP contribution is 2.33. The molecule has 1 fully saturated rings. The second-order valence-corrected chi connectivity index (χ2v) is 5.99. The van der Waals surface area contributed by atoms with Gasteiger partial charge in [0, 0.05) is 23.7 Å². The molecule has 2 heterocycles. The Morgan fingerprint density at radius 3 is 2.85 bits per heavy atom. The van der Waals surface area contributed by atoms with Crippen molar-refractivity contribution in [2.45, 2.75) is 39.3 Å². The average Bonchev–Trinajstić information content (AvgIpc) is 2.48. The molecule has 1 aromatic heterocycles. The van der Waals surface area contributed by atoms with E-state index in [4.69, 9.17) is 0 Å². The lowest BCUT2D eigenvalue weighted by molar-refractivity contribution is 0.277. The highest BCUT2D eigenvalue weighted by molar-refractivity contribution is 5.92. The van der Waals surface area contributed by atoms with Crippen molar-refractivity contribution in [1.82, 2.24) is 4.98 Å². The van der Waals surface area contributed by atoms with Crippen molar-refractivity contribution in [1.29, 1.82) is 0 Å². The number of hydrogen-bond acceptors (Lipinski definition) is 3. The van der Waals surface area contributed by atoms with Gasteiger partial charge in [0.2, 0.25) is 0 Å². The average molecular weight is 270 g/mol. The van der Waals surface area contributed by atoms with Gasteiger partial charge in [0.05, 0.1) is 17.8 Å². The van der Waals surface area contributed by atoms with E-state index in [9.17, 15) is 5.11 Å². The Labute approximate surface area is 120 Å². The molecular formula is C17H22N2O. The van der Waals surface area contributed by atoms with Crippen LogP contribution in [0.2, 0.25) is 0 Å². The zero-order valence-corrected chi connectivity index (χ0v) is 12.2. The minimum absolute atomic E-state index is 0.00436. The van der Waals surface area contributed by atoms with Crippen LogP contribution in [0.15, 0.2) is 30.3 Å². The van der Waals surface area contributed by atoms with E-state index >= 15 is 0 Å². The van der Waals surface area contributed by atoms with Crippen molar-refractivity contribution in [3.05, 3.63) is 36.0 Å². The van der Waals surface area contributed by atoms with Crippen LogP contribution in [0, 0.1) is 5.92 Å². The summed E-state index contributed by atoms with van der Waals surface area (Å²) in [5.41, 5.74) is 2.95. The first kappa shape index (κ1) is 13.4. The molecule has 1 aromatic carbocycles. The number of aliphatic hydroxyl groups excluding tert-OH is 1. The summed E-state index contributed by atoms with van der Waals surface area (Å²) >= 11 is 0. The van der Waals surface area contributed by atoms with Gasteiger partial charge in [-0.2, -0.15) is 0 Å². The van der Waals surface area contributed by atoms with Gasteiger partial charge in [0.15, 0.2) is 0 Å². The first-order valence-electron chi connectivity index (χ1n) is 7.45. The summed E-state index contributed by atoms with van der Waals surface area (Å²) in [6.07, 6.45) is 2.53. The van der Waals surface area contributed by atoms with Gasteiger partial charge in [-0.3, -0.25) is 4.98 Å². The monoisotopic (exact) mass is 270 g/mol. The third kappa shape index (κ3) is 2.38. The highest BCUT2D eigenvalue weighted by atomic mass is 16.3. The fourth-order valence-electron chi connectivity index (χ4n) is 3.15. The van der Waals surface area contributed by atoms with Crippen LogP contribution in [0.4, 0.5) is 5.69 Å². The maximum atomic E-state index is 9.46. The molecule has 1 aliphatic rings. The van der Waals surface area contributed by atoms with E-state index in [-0.39, 0.29) is 6.61 Å². The van der Waals surface area contributed by atoms with Gasteiger partial charge in [0.25, 0.3) is 0 Å². The van der Waals surface area contributed by atoms with E-state index in [1.54, 1.807) is 0 Å². The molecule has 2 atom stereocenters. The van der Waals surface area contributed by atoms with Crippen molar-refractivity contribution in [3.63, 3.8) is 0 Å². The lowest BCUT2D eigenvalue weighted by Crippen LogP contribution is -2.41. The quantitative estimate of drug-likeness (QED) is 0.909. The van der Waals surface area contributed by atoms with Crippen molar-refractivity contribution < 1.29 is 5.11 Å². The number of anilines is 1. The van der Waals surface area contributed by atoms with E-state index in [0.717, 1.165) is 23.7 Å². The Hall–Kier alpha value is -1.61. The van der Waals surface area contributed by atoms with Gasteiger partial charge in [-0.15, -0.1) is 0 Å². The van der Waals surface area contributed by atoms with Crippen molar-refractivity contribution in [2.24, 2.45) is 5.92 Å². The van der Waals surface area contributed by atoms with Gasteiger partial charge in [-0.1, -0.05) is 25.1 Å². The van der Waals surface area contributed by atoms with Crippen LogP contribution in [-0.4, -0.2) is 22.7 Å². The number of piperidine rings is 1. The molecule has 0 radical (unpaired) electrons. The standard InChI is InChI=1S/C17H22N2O/c1-12-7-8-13(2)19(10-12)17-9-14(11-20)18-16-6-4-3-5-15(16)17/h3-6,9,12-13,20H,7-8,10-11H2,1-2H3. The maximum absolute atomic E-state index is 9.46. The van der Waals surface area contributed by atoms with Crippen molar-refractivity contribution >= 4 is 16.6 Å². The molecule has 20 heavy (non-hydrogen) atoms. The predicted octanol–water partition coefficient (Wildman–Crippen LogP) is 3.35. The normalized spacial score (nSPS) is 23.2. The molecule has 1 N–H and O–H groups in total. The number of para-hydroxylation sites is 1. The molecule has 1 aliphatic heterocycles. The molecule has 0 saturated carbocycles. The number of aliphatic hydroxyl groups is 1. The SMILES string of the molecule is CC1CCC(C)N(c2cc(CO)nc3ccccc23)C1. The molecule has 0 aliphatic carbocycles. The zero-order chi connectivity index (χ0) is 14.1. The first-order valence-corrected chi connectivity index (χ1v) is 7.45. The molecule has 3 rings (SSSR count). The van der Waals surface area contributed by atoms with Gasteiger partial charge in [0.1, 0.15) is 0 Å². The fourth-order valence-corrected chi connectivity index (χ4v) is 3.15. The van der Waals surface area contributed by atoms with Crippen LogP contribution in [0.1, 0.15) is 32.4 Å². The van der Waals surface area contributed by atoms with E-state index in [1.807, 2.05) is 12.1 Å². The van der Waals surface area contributed by atoms with E-state index in [0.29, 0.717) is 6.04 Å². The largest absolute Gasteiger partial charge is 0.390 e. The Bertz CT molecular complexity index is 611. The number of rotatable bonds is 2. The van der Waals surface area contributed by atoms with Crippen LogP contribution in [-0.2, 0) is 6.61 Å². The number of nitrogens with zero attached hydrogens (tertiary/aromatic N) is 2. The van der Waals surface area contributed by atoms with Crippen LogP contribution in [0.5, 0.6) is 0 Å². The number of hydrogen-bond donors (Lipinski definition) is 1. The molecule has 106 valence electrons. The Kier molecular flexibility index (Phi) is 3.62. The van der Waals surface area contributed by atoms with Crippen molar-refractivity contribution in [3.8, 4) is 0 Å². The zero-order valence-electron chi connectivity index (χ0n) is 12.2. The van der Waals surface area contributed by atoms with E-state index in [2.05, 4.69) is 41.9 Å². The molecule has 2 aromatic rings. The summed E-state index contributed by atoms with van der Waals surface area (Å²) in [7, 11) is 0. The molecule has 0 amide bonds. The summed E-state index contributed by atoms with van der Waals surface area (Å²) in [5.74, 6) is 0.718. The maximum Gasteiger partial charge on any atom is 0.0854 e. The van der Waals surface area contributed by atoms with E-state index in [1.165, 1.54) is 23.9 Å². The minimum atomic E-state index is -0.00436. The predicted molar refractivity (Wildman–Crippen MR) is 82.9 cm³/mol. The van der Waals surface area contributed by atoms with Crippen LogP contribution >= 0.6 is 0 Å². The minimum Gasteiger partial charge on any atom is -0.390 e. The second-order valence-electron chi connectivity index (χ2n) is 5.99. The fraction of sp³-hybridized carbons (Fsp3) is 0.471. The number of fused-ring (bicyclic) bond motifs is 1. The first-order chi connectivity index (χ1) is 9.69. The highest BCUT2D eigenvalue weighted by Gasteiger charge is 2.24. The Morgan fingerprint density at radius 2 is 2.05 bits per heavy atom. The van der Waals surface area contributed by atoms with Crippen LogP contribution < -0.4 is 4.90 Å². The molecule has 0 bridgehead atoms. The molecule has 2 unspecified atom stereocenters. The third-order valence-electron chi connectivity index (χ3n) is 4.34.